The minimum atomic E-state index is -0.191. The first kappa shape index (κ1) is 13.7. The van der Waals surface area contributed by atoms with Crippen molar-refractivity contribution in [2.75, 3.05) is 6.54 Å². The van der Waals surface area contributed by atoms with E-state index in [1.807, 2.05) is 6.07 Å². The summed E-state index contributed by atoms with van der Waals surface area (Å²) in [6.07, 6.45) is 0.959. The lowest BCUT2D eigenvalue weighted by molar-refractivity contribution is 0.475. The maximum absolute atomic E-state index is 12.9. The van der Waals surface area contributed by atoms with E-state index in [0.29, 0.717) is 12.0 Å². The minimum absolute atomic E-state index is 0.191. The zero-order valence-electron chi connectivity index (χ0n) is 10.1. The van der Waals surface area contributed by atoms with Gasteiger partial charge in [0.15, 0.2) is 0 Å². The number of hydrogen-bond acceptors (Lipinski definition) is 1. The fraction of sp³-hybridized carbons (Fsp3) is 0.538. The Morgan fingerprint density at radius 1 is 1.31 bits per heavy atom. The highest BCUT2D eigenvalue weighted by molar-refractivity contribution is 9.10. The first-order chi connectivity index (χ1) is 7.49. The number of rotatable bonds is 5. The van der Waals surface area contributed by atoms with Gasteiger partial charge in [-0.05, 0) is 36.6 Å². The van der Waals surface area contributed by atoms with Crippen LogP contribution in [0.2, 0.25) is 0 Å². The van der Waals surface area contributed by atoms with Crippen LogP contribution < -0.4 is 5.32 Å². The molecule has 0 aliphatic carbocycles. The molecule has 3 heteroatoms. The monoisotopic (exact) mass is 287 g/mol. The van der Waals surface area contributed by atoms with Crippen molar-refractivity contribution in [1.29, 1.82) is 0 Å². The number of hydrogen-bond donors (Lipinski definition) is 1. The topological polar surface area (TPSA) is 12.0 Å². The molecule has 90 valence electrons. The molecule has 0 fully saturated rings. The molecule has 1 aromatic rings. The van der Waals surface area contributed by atoms with E-state index in [4.69, 9.17) is 0 Å². The first-order valence-corrected chi connectivity index (χ1v) is 6.45. The molecule has 1 N–H and O–H groups in total. The van der Waals surface area contributed by atoms with Crippen LogP contribution in [-0.2, 0) is 6.42 Å². The average molecular weight is 288 g/mol. The van der Waals surface area contributed by atoms with Gasteiger partial charge in [0.1, 0.15) is 5.82 Å². The van der Waals surface area contributed by atoms with Crippen LogP contribution in [0.25, 0.3) is 0 Å². The number of benzene rings is 1. The second kappa shape index (κ2) is 6.36. The SMILES string of the molecule is CC(CNC(C)C)Cc1ccc(F)cc1Br. The highest BCUT2D eigenvalue weighted by Gasteiger charge is 2.07. The van der Waals surface area contributed by atoms with Crippen molar-refractivity contribution in [2.24, 2.45) is 5.92 Å². The van der Waals surface area contributed by atoms with Crippen molar-refractivity contribution in [3.05, 3.63) is 34.1 Å². The van der Waals surface area contributed by atoms with Gasteiger partial charge in [-0.25, -0.2) is 4.39 Å². The zero-order valence-corrected chi connectivity index (χ0v) is 11.6. The fourth-order valence-corrected chi connectivity index (χ4v) is 2.08. The van der Waals surface area contributed by atoms with Gasteiger partial charge in [0.05, 0.1) is 0 Å². The van der Waals surface area contributed by atoms with E-state index in [-0.39, 0.29) is 5.82 Å². The van der Waals surface area contributed by atoms with Gasteiger partial charge in [0, 0.05) is 10.5 Å². The van der Waals surface area contributed by atoms with Crippen molar-refractivity contribution < 1.29 is 4.39 Å². The largest absolute Gasteiger partial charge is 0.314 e. The maximum atomic E-state index is 12.9. The fourth-order valence-electron chi connectivity index (χ4n) is 1.57. The Morgan fingerprint density at radius 3 is 2.56 bits per heavy atom. The molecule has 0 aromatic heterocycles. The van der Waals surface area contributed by atoms with E-state index in [1.165, 1.54) is 17.7 Å². The summed E-state index contributed by atoms with van der Waals surface area (Å²) in [4.78, 5) is 0. The first-order valence-electron chi connectivity index (χ1n) is 5.66. The third-order valence-electron chi connectivity index (χ3n) is 2.46. The molecular weight excluding hydrogens is 269 g/mol. The Labute approximate surface area is 106 Å². The van der Waals surface area contributed by atoms with Gasteiger partial charge >= 0.3 is 0 Å². The molecule has 0 spiro atoms. The molecule has 1 nitrogen and oxygen atoms in total. The van der Waals surface area contributed by atoms with Crippen LogP contribution in [0.3, 0.4) is 0 Å². The molecule has 1 atom stereocenters. The predicted octanol–water partition coefficient (Wildman–Crippen LogP) is 3.76. The molecule has 0 amide bonds. The van der Waals surface area contributed by atoms with Crippen LogP contribution in [0.4, 0.5) is 4.39 Å². The summed E-state index contributed by atoms with van der Waals surface area (Å²) in [5, 5.41) is 3.41. The van der Waals surface area contributed by atoms with E-state index < -0.39 is 0 Å². The van der Waals surface area contributed by atoms with Crippen LogP contribution in [0.1, 0.15) is 26.3 Å². The van der Waals surface area contributed by atoms with Gasteiger partial charge in [0.2, 0.25) is 0 Å². The van der Waals surface area contributed by atoms with Crippen molar-refractivity contribution in [2.45, 2.75) is 33.2 Å². The summed E-state index contributed by atoms with van der Waals surface area (Å²) in [6.45, 7) is 7.47. The highest BCUT2D eigenvalue weighted by Crippen LogP contribution is 2.20. The lowest BCUT2D eigenvalue weighted by atomic mass is 10.0. The molecule has 1 rings (SSSR count). The van der Waals surface area contributed by atoms with Crippen LogP contribution in [0.5, 0.6) is 0 Å². The molecule has 1 aromatic carbocycles. The van der Waals surface area contributed by atoms with Gasteiger partial charge < -0.3 is 5.32 Å². The third kappa shape index (κ3) is 4.62. The number of halogens is 2. The van der Waals surface area contributed by atoms with E-state index >= 15 is 0 Å². The van der Waals surface area contributed by atoms with Crippen LogP contribution in [-0.4, -0.2) is 12.6 Å². The summed E-state index contributed by atoms with van der Waals surface area (Å²) in [5.41, 5.74) is 1.17. The van der Waals surface area contributed by atoms with Gasteiger partial charge in [0.25, 0.3) is 0 Å². The Bertz CT molecular complexity index is 339. The van der Waals surface area contributed by atoms with Gasteiger partial charge in [-0.15, -0.1) is 0 Å². The van der Waals surface area contributed by atoms with Crippen LogP contribution in [0.15, 0.2) is 22.7 Å². The smallest absolute Gasteiger partial charge is 0.124 e. The van der Waals surface area contributed by atoms with Gasteiger partial charge in [-0.3, -0.25) is 0 Å². The van der Waals surface area contributed by atoms with Crippen molar-refractivity contribution in [1.82, 2.24) is 5.32 Å². The third-order valence-corrected chi connectivity index (χ3v) is 3.20. The van der Waals surface area contributed by atoms with Gasteiger partial charge in [-0.2, -0.15) is 0 Å². The van der Waals surface area contributed by atoms with Crippen LogP contribution in [0, 0.1) is 11.7 Å². The van der Waals surface area contributed by atoms with Crippen molar-refractivity contribution in [3.8, 4) is 0 Å². The maximum Gasteiger partial charge on any atom is 0.124 e. The summed E-state index contributed by atoms with van der Waals surface area (Å²) in [6, 6.07) is 5.41. The Balaban J connectivity index is 2.52. The van der Waals surface area contributed by atoms with Crippen LogP contribution >= 0.6 is 15.9 Å². The molecule has 16 heavy (non-hydrogen) atoms. The Kier molecular flexibility index (Phi) is 5.42. The molecule has 0 aliphatic rings. The van der Waals surface area contributed by atoms with E-state index in [2.05, 4.69) is 42.0 Å². The average Bonchev–Trinajstić information content (AvgIpc) is 2.19. The molecule has 1 unspecified atom stereocenters. The number of nitrogens with one attached hydrogen (secondary N) is 1. The molecular formula is C13H19BrFN. The Hall–Kier alpha value is -0.410. The van der Waals surface area contributed by atoms with Gasteiger partial charge in [-0.1, -0.05) is 42.8 Å². The van der Waals surface area contributed by atoms with Crippen molar-refractivity contribution in [3.63, 3.8) is 0 Å². The van der Waals surface area contributed by atoms with E-state index in [1.54, 1.807) is 0 Å². The minimum Gasteiger partial charge on any atom is -0.314 e. The summed E-state index contributed by atoms with van der Waals surface area (Å²) < 4.78 is 13.8. The summed E-state index contributed by atoms with van der Waals surface area (Å²) in [7, 11) is 0. The molecule has 0 heterocycles. The molecule has 0 saturated carbocycles. The quantitative estimate of drug-likeness (QED) is 0.869. The highest BCUT2D eigenvalue weighted by atomic mass is 79.9. The lowest BCUT2D eigenvalue weighted by Crippen LogP contribution is -2.28. The lowest BCUT2D eigenvalue weighted by Gasteiger charge is -2.15. The van der Waals surface area contributed by atoms with Crippen molar-refractivity contribution >= 4 is 15.9 Å². The predicted molar refractivity (Wildman–Crippen MR) is 70.1 cm³/mol. The zero-order chi connectivity index (χ0) is 12.1. The summed E-state index contributed by atoms with van der Waals surface area (Å²) >= 11 is 3.40. The standard InChI is InChI=1S/C13H19BrFN/c1-9(2)16-8-10(3)6-11-4-5-12(15)7-13(11)14/h4-5,7,9-10,16H,6,8H2,1-3H3. The molecule has 0 aliphatic heterocycles. The second-order valence-corrected chi connectivity index (χ2v) is 5.46. The van der Waals surface area contributed by atoms with E-state index in [0.717, 1.165) is 17.4 Å². The molecule has 0 radical (unpaired) electrons. The molecule has 0 bridgehead atoms. The molecule has 0 saturated heterocycles. The summed E-state index contributed by atoms with van der Waals surface area (Å²) in [5.74, 6) is 0.354. The normalized spacial score (nSPS) is 13.1. The van der Waals surface area contributed by atoms with E-state index in [9.17, 15) is 4.39 Å². The Morgan fingerprint density at radius 2 is 2.00 bits per heavy atom. The second-order valence-electron chi connectivity index (χ2n) is 4.61.